The molecular weight excluding hydrogens is 314 g/mol. The van der Waals surface area contributed by atoms with Gasteiger partial charge >= 0.3 is 0 Å². The molecule has 6 nitrogen and oxygen atoms in total. The number of hydrogen-bond donors (Lipinski definition) is 0. The average molecular weight is 333 g/mol. The summed E-state index contributed by atoms with van der Waals surface area (Å²) in [5.41, 5.74) is 6.94. The first-order chi connectivity index (χ1) is 12.1. The van der Waals surface area contributed by atoms with E-state index in [0.717, 1.165) is 28.0 Å². The van der Waals surface area contributed by atoms with E-state index < -0.39 is 0 Å². The Bertz CT molecular complexity index is 1080. The van der Waals surface area contributed by atoms with Crippen LogP contribution in [0, 0.1) is 13.8 Å². The zero-order valence-corrected chi connectivity index (χ0v) is 14.7. The van der Waals surface area contributed by atoms with Crippen molar-refractivity contribution < 1.29 is 4.74 Å². The maximum Gasteiger partial charge on any atom is 0.139 e. The molecule has 0 saturated heterocycles. The fraction of sp³-hybridized carbons (Fsp3) is 0.211. The van der Waals surface area contributed by atoms with E-state index in [-0.39, 0.29) is 0 Å². The first kappa shape index (κ1) is 15.4. The molecule has 1 aromatic carbocycles. The Morgan fingerprint density at radius 2 is 1.96 bits per heavy atom. The van der Waals surface area contributed by atoms with E-state index in [0.29, 0.717) is 5.75 Å². The number of nitrogens with zero attached hydrogens (tertiary/aromatic N) is 5. The van der Waals surface area contributed by atoms with Crippen molar-refractivity contribution in [3.05, 3.63) is 54.0 Å². The molecule has 0 atom stereocenters. The van der Waals surface area contributed by atoms with E-state index in [9.17, 15) is 0 Å². The lowest BCUT2D eigenvalue weighted by Gasteiger charge is -2.09. The third kappa shape index (κ3) is 2.46. The molecule has 0 spiro atoms. The summed E-state index contributed by atoms with van der Waals surface area (Å²) < 4.78 is 9.07. The summed E-state index contributed by atoms with van der Waals surface area (Å²) >= 11 is 0. The van der Waals surface area contributed by atoms with Gasteiger partial charge in [-0.15, -0.1) is 0 Å². The lowest BCUT2D eigenvalue weighted by Crippen LogP contribution is -2.00. The van der Waals surface area contributed by atoms with Crippen LogP contribution in [0.25, 0.3) is 28.0 Å². The highest BCUT2D eigenvalue weighted by Gasteiger charge is 2.18. The number of pyridine rings is 1. The summed E-state index contributed by atoms with van der Waals surface area (Å²) in [6.45, 7) is 4.21. The minimum Gasteiger partial charge on any atom is -0.495 e. The van der Waals surface area contributed by atoms with Crippen LogP contribution in [0.4, 0.5) is 0 Å². The van der Waals surface area contributed by atoms with Gasteiger partial charge in [-0.3, -0.25) is 4.68 Å². The predicted molar refractivity (Wildman–Crippen MR) is 97.1 cm³/mol. The fourth-order valence-corrected chi connectivity index (χ4v) is 2.98. The Morgan fingerprint density at radius 1 is 1.12 bits per heavy atom. The van der Waals surface area contributed by atoms with Gasteiger partial charge in [0.1, 0.15) is 17.0 Å². The van der Waals surface area contributed by atoms with E-state index >= 15 is 0 Å². The summed E-state index contributed by atoms with van der Waals surface area (Å²) in [5, 5.41) is 9.13. The largest absolute Gasteiger partial charge is 0.495 e. The third-order valence-corrected chi connectivity index (χ3v) is 4.51. The minimum absolute atomic E-state index is 0.705. The molecule has 4 aromatic rings. The molecule has 6 heteroatoms. The van der Waals surface area contributed by atoms with Crippen LogP contribution in [0.5, 0.6) is 5.75 Å². The van der Waals surface area contributed by atoms with Gasteiger partial charge in [-0.2, -0.15) is 10.2 Å². The molecule has 0 bridgehead atoms. The molecule has 0 aliphatic carbocycles. The van der Waals surface area contributed by atoms with Crippen molar-refractivity contribution in [2.24, 2.45) is 7.05 Å². The molecule has 0 aliphatic heterocycles. The number of hydrogen-bond acceptors (Lipinski definition) is 4. The highest BCUT2D eigenvalue weighted by Crippen LogP contribution is 2.31. The Hall–Kier alpha value is -3.15. The van der Waals surface area contributed by atoms with Crippen molar-refractivity contribution in [3.63, 3.8) is 0 Å². The van der Waals surface area contributed by atoms with Crippen molar-refractivity contribution in [2.45, 2.75) is 13.8 Å². The fourth-order valence-electron chi connectivity index (χ4n) is 2.98. The smallest absolute Gasteiger partial charge is 0.139 e. The Balaban J connectivity index is 2.05. The quantitative estimate of drug-likeness (QED) is 0.576. The van der Waals surface area contributed by atoms with Gasteiger partial charge in [0.25, 0.3) is 0 Å². The maximum atomic E-state index is 5.37. The molecule has 0 aliphatic rings. The number of aryl methyl sites for hydroxylation is 2. The Morgan fingerprint density at radius 3 is 2.68 bits per heavy atom. The van der Waals surface area contributed by atoms with Crippen LogP contribution >= 0.6 is 0 Å². The first-order valence-electron chi connectivity index (χ1n) is 8.07. The molecule has 0 amide bonds. The summed E-state index contributed by atoms with van der Waals surface area (Å²) in [7, 11) is 3.54. The lowest BCUT2D eigenvalue weighted by atomic mass is 10.1. The Kier molecular flexibility index (Phi) is 3.53. The second kappa shape index (κ2) is 5.73. The molecule has 3 aromatic heterocycles. The number of aromatic nitrogens is 5. The molecule has 4 rings (SSSR count). The molecule has 25 heavy (non-hydrogen) atoms. The van der Waals surface area contributed by atoms with E-state index in [1.165, 1.54) is 11.1 Å². The average Bonchev–Trinajstić information content (AvgIpc) is 3.20. The van der Waals surface area contributed by atoms with Crippen LogP contribution in [-0.2, 0) is 7.05 Å². The standard InChI is InChI=1S/C19H19N5O/c1-12-6-5-7-16(13(12)2)24-17-8-15(25-4)10-20-19(17)18(22-24)14-9-21-23(3)11-14/h5-11H,1-4H3. The summed E-state index contributed by atoms with van der Waals surface area (Å²) in [4.78, 5) is 4.59. The van der Waals surface area contributed by atoms with Crippen LogP contribution in [0.15, 0.2) is 42.9 Å². The minimum atomic E-state index is 0.705. The van der Waals surface area contributed by atoms with E-state index in [4.69, 9.17) is 9.84 Å². The molecule has 0 N–H and O–H groups in total. The second-order valence-corrected chi connectivity index (χ2v) is 6.13. The number of methoxy groups -OCH3 is 1. The van der Waals surface area contributed by atoms with Gasteiger partial charge in [0.05, 0.1) is 30.7 Å². The van der Waals surface area contributed by atoms with Crippen LogP contribution in [-0.4, -0.2) is 31.7 Å². The van der Waals surface area contributed by atoms with Crippen molar-refractivity contribution >= 4 is 11.0 Å². The van der Waals surface area contributed by atoms with Crippen LogP contribution in [0.1, 0.15) is 11.1 Å². The molecule has 0 fully saturated rings. The van der Waals surface area contributed by atoms with Crippen molar-refractivity contribution in [1.29, 1.82) is 0 Å². The zero-order valence-electron chi connectivity index (χ0n) is 14.7. The van der Waals surface area contributed by atoms with Crippen LogP contribution in [0.3, 0.4) is 0 Å². The van der Waals surface area contributed by atoms with Gasteiger partial charge in [-0.25, -0.2) is 9.67 Å². The number of ether oxygens (including phenoxy) is 1. The van der Waals surface area contributed by atoms with Gasteiger partial charge in [-0.05, 0) is 31.0 Å². The van der Waals surface area contributed by atoms with Crippen LogP contribution in [0.2, 0.25) is 0 Å². The third-order valence-electron chi connectivity index (χ3n) is 4.51. The van der Waals surface area contributed by atoms with Crippen LogP contribution < -0.4 is 4.74 Å². The first-order valence-corrected chi connectivity index (χ1v) is 8.07. The van der Waals surface area contributed by atoms with Gasteiger partial charge in [-0.1, -0.05) is 12.1 Å². The van der Waals surface area contributed by atoms with E-state index in [1.807, 2.05) is 30.1 Å². The highest BCUT2D eigenvalue weighted by atomic mass is 16.5. The summed E-state index contributed by atoms with van der Waals surface area (Å²) in [6.07, 6.45) is 5.47. The molecular formula is C19H19N5O. The van der Waals surface area contributed by atoms with Crippen molar-refractivity contribution in [3.8, 4) is 22.7 Å². The highest BCUT2D eigenvalue weighted by molar-refractivity contribution is 5.91. The number of rotatable bonds is 3. The predicted octanol–water partition coefficient (Wildman–Crippen LogP) is 3.45. The molecule has 0 radical (unpaired) electrons. The molecule has 3 heterocycles. The van der Waals surface area contributed by atoms with Crippen molar-refractivity contribution in [2.75, 3.05) is 7.11 Å². The van der Waals surface area contributed by atoms with Gasteiger partial charge in [0.2, 0.25) is 0 Å². The van der Waals surface area contributed by atoms with E-state index in [2.05, 4.69) is 36.1 Å². The number of benzene rings is 1. The zero-order chi connectivity index (χ0) is 17.6. The number of fused-ring (bicyclic) bond motifs is 1. The topological polar surface area (TPSA) is 57.8 Å². The summed E-state index contributed by atoms with van der Waals surface area (Å²) in [5.74, 6) is 0.705. The molecule has 126 valence electrons. The van der Waals surface area contributed by atoms with Gasteiger partial charge in [0, 0.05) is 24.9 Å². The van der Waals surface area contributed by atoms with Crippen molar-refractivity contribution in [1.82, 2.24) is 24.5 Å². The lowest BCUT2D eigenvalue weighted by molar-refractivity contribution is 0.413. The second-order valence-electron chi connectivity index (χ2n) is 6.13. The Labute approximate surface area is 145 Å². The normalized spacial score (nSPS) is 11.2. The molecule has 0 unspecified atom stereocenters. The van der Waals surface area contributed by atoms with Gasteiger partial charge in [0.15, 0.2) is 0 Å². The summed E-state index contributed by atoms with van der Waals surface area (Å²) in [6, 6.07) is 8.19. The monoisotopic (exact) mass is 333 g/mol. The van der Waals surface area contributed by atoms with Gasteiger partial charge < -0.3 is 4.74 Å². The van der Waals surface area contributed by atoms with E-state index in [1.54, 1.807) is 24.2 Å². The molecule has 0 saturated carbocycles. The maximum absolute atomic E-state index is 5.37. The SMILES string of the molecule is COc1cnc2c(-c3cnn(C)c3)nn(-c3cccc(C)c3C)c2c1.